The molecule has 0 amide bonds. The summed E-state index contributed by atoms with van der Waals surface area (Å²) in [6, 6.07) is 2.23. The van der Waals surface area contributed by atoms with Crippen molar-refractivity contribution in [3.8, 4) is 0 Å². The predicted octanol–water partition coefficient (Wildman–Crippen LogP) is 0.446. The topological polar surface area (TPSA) is 90.7 Å². The largest absolute Gasteiger partial charge is 0.481 e. The van der Waals surface area contributed by atoms with Gasteiger partial charge in [0.1, 0.15) is 6.04 Å². The van der Waals surface area contributed by atoms with Crippen LogP contribution in [-0.4, -0.2) is 40.2 Å². The van der Waals surface area contributed by atoms with E-state index in [1.807, 2.05) is 0 Å². The van der Waals surface area contributed by atoms with Crippen LogP contribution in [0.1, 0.15) is 6.42 Å². The summed E-state index contributed by atoms with van der Waals surface area (Å²) in [4.78, 5) is 26.7. The van der Waals surface area contributed by atoms with Gasteiger partial charge in [-0.2, -0.15) is 0 Å². The molecule has 0 bridgehead atoms. The molecule has 2 N–H and O–H groups in total. The van der Waals surface area contributed by atoms with E-state index in [0.29, 0.717) is 5.69 Å². The number of pyridine rings is 1. The van der Waals surface area contributed by atoms with Crippen molar-refractivity contribution in [2.75, 3.05) is 11.9 Å². The fraction of sp³-hybridized carbons (Fsp3) is 0.300. The van der Waals surface area contributed by atoms with Crippen LogP contribution in [0.15, 0.2) is 24.5 Å². The van der Waals surface area contributed by atoms with E-state index in [9.17, 15) is 9.59 Å². The van der Waals surface area contributed by atoms with Crippen LogP contribution in [0, 0.1) is 0 Å². The smallest absolute Gasteiger partial charge is 0.326 e. The molecule has 0 radical (unpaired) electrons. The van der Waals surface area contributed by atoms with E-state index in [1.165, 1.54) is 18.1 Å². The van der Waals surface area contributed by atoms with Crippen molar-refractivity contribution in [1.82, 2.24) is 4.98 Å². The van der Waals surface area contributed by atoms with Gasteiger partial charge in [0.05, 0.1) is 18.3 Å². The van der Waals surface area contributed by atoms with E-state index in [0.717, 1.165) is 0 Å². The highest BCUT2D eigenvalue weighted by atomic mass is 16.4. The molecule has 16 heavy (non-hydrogen) atoms. The van der Waals surface area contributed by atoms with Crippen LogP contribution in [0.5, 0.6) is 0 Å². The Morgan fingerprint density at radius 1 is 1.50 bits per heavy atom. The second-order valence-electron chi connectivity index (χ2n) is 3.27. The van der Waals surface area contributed by atoms with Crippen LogP contribution in [0.3, 0.4) is 0 Å². The summed E-state index contributed by atoms with van der Waals surface area (Å²) in [5.41, 5.74) is 0.566. The molecule has 0 saturated heterocycles. The van der Waals surface area contributed by atoms with Crippen molar-refractivity contribution >= 4 is 17.6 Å². The molecular formula is C10H12N2O4. The highest BCUT2D eigenvalue weighted by molar-refractivity contribution is 5.83. The summed E-state index contributed by atoms with van der Waals surface area (Å²) in [6.07, 6.45) is 2.59. The maximum Gasteiger partial charge on any atom is 0.326 e. The molecule has 6 heteroatoms. The third-order valence-corrected chi connectivity index (χ3v) is 2.17. The first-order chi connectivity index (χ1) is 7.52. The zero-order valence-electron chi connectivity index (χ0n) is 8.70. The maximum absolute atomic E-state index is 10.9. The third-order valence-electron chi connectivity index (χ3n) is 2.17. The van der Waals surface area contributed by atoms with Gasteiger partial charge in [0.25, 0.3) is 0 Å². The van der Waals surface area contributed by atoms with Crippen molar-refractivity contribution in [3.05, 3.63) is 24.5 Å². The Hall–Kier alpha value is -2.11. The molecule has 0 aliphatic heterocycles. The van der Waals surface area contributed by atoms with Gasteiger partial charge in [-0.1, -0.05) is 0 Å². The van der Waals surface area contributed by atoms with Crippen molar-refractivity contribution in [2.24, 2.45) is 0 Å². The van der Waals surface area contributed by atoms with E-state index in [-0.39, 0.29) is 0 Å². The number of carboxylic acids is 2. The van der Waals surface area contributed by atoms with Crippen LogP contribution in [0.25, 0.3) is 0 Å². The lowest BCUT2D eigenvalue weighted by molar-refractivity contribution is -0.145. The molecule has 0 saturated carbocycles. The molecule has 0 aliphatic carbocycles. The number of carbonyl (C=O) groups is 2. The summed E-state index contributed by atoms with van der Waals surface area (Å²) in [7, 11) is 1.53. The Morgan fingerprint density at radius 2 is 2.19 bits per heavy atom. The lowest BCUT2D eigenvalue weighted by Crippen LogP contribution is -2.40. The third kappa shape index (κ3) is 2.94. The molecule has 1 rings (SSSR count). The normalized spacial score (nSPS) is 11.8. The minimum Gasteiger partial charge on any atom is -0.481 e. The molecule has 1 aromatic heterocycles. The minimum absolute atomic E-state index is 0.458. The van der Waals surface area contributed by atoms with Crippen LogP contribution in [0.2, 0.25) is 0 Å². The Bertz CT molecular complexity index is 380. The number of likely N-dealkylation sites (N-methyl/N-ethyl adjacent to an activating group) is 1. The summed E-state index contributed by atoms with van der Waals surface area (Å²) < 4.78 is 0. The van der Waals surface area contributed by atoms with Crippen molar-refractivity contribution in [1.29, 1.82) is 0 Å². The Balaban J connectivity index is 2.87. The van der Waals surface area contributed by atoms with Gasteiger partial charge in [-0.3, -0.25) is 9.78 Å². The Labute approximate surface area is 92.1 Å². The highest BCUT2D eigenvalue weighted by Gasteiger charge is 2.25. The molecule has 1 atom stereocenters. The monoisotopic (exact) mass is 224 g/mol. The molecule has 86 valence electrons. The van der Waals surface area contributed by atoms with Crippen molar-refractivity contribution < 1.29 is 19.8 Å². The molecule has 1 heterocycles. The Kier molecular flexibility index (Phi) is 3.82. The molecule has 1 unspecified atom stereocenters. The van der Waals surface area contributed by atoms with Gasteiger partial charge < -0.3 is 15.1 Å². The van der Waals surface area contributed by atoms with Gasteiger partial charge in [0, 0.05) is 13.2 Å². The number of nitrogens with zero attached hydrogens (tertiary/aromatic N) is 2. The van der Waals surface area contributed by atoms with Crippen LogP contribution in [-0.2, 0) is 9.59 Å². The molecule has 0 aromatic carbocycles. The first-order valence-corrected chi connectivity index (χ1v) is 4.60. The van der Waals surface area contributed by atoms with Crippen LogP contribution < -0.4 is 4.90 Å². The molecule has 6 nitrogen and oxygen atoms in total. The zero-order chi connectivity index (χ0) is 12.1. The van der Waals surface area contributed by atoms with Gasteiger partial charge in [-0.15, -0.1) is 0 Å². The number of anilines is 1. The standard InChI is InChI=1S/C10H12N2O4/c1-12(7-3-2-4-11-6-7)8(10(15)16)5-9(13)14/h2-4,6,8H,5H2,1H3,(H,13,14)(H,15,16). The van der Waals surface area contributed by atoms with Gasteiger partial charge in [0.15, 0.2) is 0 Å². The second-order valence-corrected chi connectivity index (χ2v) is 3.27. The van der Waals surface area contributed by atoms with Crippen LogP contribution >= 0.6 is 0 Å². The highest BCUT2D eigenvalue weighted by Crippen LogP contribution is 2.15. The average molecular weight is 224 g/mol. The average Bonchev–Trinajstić information content (AvgIpc) is 2.25. The predicted molar refractivity (Wildman–Crippen MR) is 56.3 cm³/mol. The molecule has 0 aliphatic rings. The number of carboxylic acid groups (broad SMARTS) is 2. The van der Waals surface area contributed by atoms with Crippen molar-refractivity contribution in [3.63, 3.8) is 0 Å². The van der Waals surface area contributed by atoms with Gasteiger partial charge in [-0.05, 0) is 12.1 Å². The van der Waals surface area contributed by atoms with E-state index >= 15 is 0 Å². The quantitative estimate of drug-likeness (QED) is 0.754. The summed E-state index contributed by atoms with van der Waals surface area (Å²) in [5.74, 6) is -2.32. The summed E-state index contributed by atoms with van der Waals surface area (Å²) in [5, 5.41) is 17.6. The molecule has 1 aromatic rings. The number of aliphatic carboxylic acids is 2. The first-order valence-electron chi connectivity index (χ1n) is 4.60. The fourth-order valence-electron chi connectivity index (χ4n) is 1.30. The minimum atomic E-state index is -1.17. The maximum atomic E-state index is 10.9. The van der Waals surface area contributed by atoms with E-state index in [4.69, 9.17) is 10.2 Å². The summed E-state index contributed by atoms with van der Waals surface area (Å²) in [6.45, 7) is 0. The fourth-order valence-corrected chi connectivity index (χ4v) is 1.30. The number of rotatable bonds is 5. The van der Waals surface area contributed by atoms with E-state index < -0.39 is 24.4 Å². The van der Waals surface area contributed by atoms with Gasteiger partial charge in [-0.25, -0.2) is 4.79 Å². The lowest BCUT2D eigenvalue weighted by atomic mass is 10.1. The van der Waals surface area contributed by atoms with Crippen LogP contribution in [0.4, 0.5) is 5.69 Å². The zero-order valence-corrected chi connectivity index (χ0v) is 8.70. The first kappa shape index (κ1) is 12.0. The van der Waals surface area contributed by atoms with Crippen molar-refractivity contribution in [2.45, 2.75) is 12.5 Å². The number of hydrogen-bond donors (Lipinski definition) is 2. The van der Waals surface area contributed by atoms with E-state index in [1.54, 1.807) is 18.3 Å². The molecule has 0 spiro atoms. The number of hydrogen-bond acceptors (Lipinski definition) is 4. The molecular weight excluding hydrogens is 212 g/mol. The van der Waals surface area contributed by atoms with E-state index in [2.05, 4.69) is 4.98 Å². The summed E-state index contributed by atoms with van der Waals surface area (Å²) >= 11 is 0. The Morgan fingerprint density at radius 3 is 2.62 bits per heavy atom. The van der Waals surface area contributed by atoms with Gasteiger partial charge >= 0.3 is 11.9 Å². The van der Waals surface area contributed by atoms with Gasteiger partial charge in [0.2, 0.25) is 0 Å². The lowest BCUT2D eigenvalue weighted by Gasteiger charge is -2.25. The number of aromatic nitrogens is 1. The second kappa shape index (κ2) is 5.11. The SMILES string of the molecule is CN(c1cccnc1)C(CC(=O)O)C(=O)O. The molecule has 0 fully saturated rings.